The van der Waals surface area contributed by atoms with Gasteiger partial charge in [-0.05, 0) is 10.4 Å². The van der Waals surface area contributed by atoms with Crippen LogP contribution >= 0.6 is 15.9 Å². The third kappa shape index (κ3) is 1.67. The Labute approximate surface area is 83.3 Å². The molecule has 0 fully saturated rings. The van der Waals surface area contributed by atoms with Crippen LogP contribution in [0, 0.1) is 0 Å². The van der Waals surface area contributed by atoms with Gasteiger partial charge in [0, 0.05) is 17.4 Å². The predicted octanol–water partition coefficient (Wildman–Crippen LogP) is 0.845. The van der Waals surface area contributed by atoms with Crippen molar-refractivity contribution in [2.24, 2.45) is 0 Å². The second-order valence-corrected chi connectivity index (χ2v) is 4.40. The average Bonchev–Trinajstić information content (AvgIpc) is 2.51. The Kier molecular flexibility index (Phi) is 2.22. The summed E-state index contributed by atoms with van der Waals surface area (Å²) in [6, 6.07) is 0. The summed E-state index contributed by atoms with van der Waals surface area (Å²) in [5, 5.41) is 11.3. The molecule has 0 aliphatic rings. The highest BCUT2D eigenvalue weighted by Crippen LogP contribution is 2.08. The Hall–Kier alpha value is -1.04. The van der Waals surface area contributed by atoms with Crippen molar-refractivity contribution in [2.45, 2.75) is 18.2 Å². The molecule has 0 aromatic carbocycles. The van der Waals surface area contributed by atoms with Gasteiger partial charge in [0.2, 0.25) is 0 Å². The summed E-state index contributed by atoms with van der Waals surface area (Å²) < 4.78 is 1.70. The number of halogens is 1. The van der Waals surface area contributed by atoms with Gasteiger partial charge in [-0.25, -0.2) is 0 Å². The van der Waals surface area contributed by atoms with Crippen LogP contribution in [-0.2, 0) is 6.42 Å². The first-order chi connectivity index (χ1) is 6.27. The van der Waals surface area contributed by atoms with Gasteiger partial charge in [0.15, 0.2) is 5.65 Å². The van der Waals surface area contributed by atoms with Gasteiger partial charge in [0.25, 0.3) is 0 Å². The van der Waals surface area contributed by atoms with Gasteiger partial charge in [-0.1, -0.05) is 22.9 Å². The van der Waals surface area contributed by atoms with Crippen LogP contribution in [0.3, 0.4) is 0 Å². The minimum Gasteiger partial charge on any atom is -0.259 e. The predicted molar refractivity (Wildman–Crippen MR) is 50.7 cm³/mol. The largest absolute Gasteiger partial charge is 0.259 e. The van der Waals surface area contributed by atoms with Crippen molar-refractivity contribution in [1.82, 2.24) is 25.0 Å². The number of hydrogen-bond acceptors (Lipinski definition) is 4. The number of alkyl halides is 1. The lowest BCUT2D eigenvalue weighted by atomic mass is 10.2. The standard InChI is InChI=1S/C7H8BrN5/c1-5(8)2-6-3-9-4-7-10-11-12-13(6)7/h3-5H,2H2,1H3. The van der Waals surface area contributed by atoms with E-state index in [4.69, 9.17) is 0 Å². The van der Waals surface area contributed by atoms with Gasteiger partial charge in [0.05, 0.1) is 11.9 Å². The van der Waals surface area contributed by atoms with Crippen molar-refractivity contribution in [3.05, 3.63) is 18.1 Å². The molecule has 2 aromatic heterocycles. The summed E-state index contributed by atoms with van der Waals surface area (Å²) in [5.74, 6) is 0. The van der Waals surface area contributed by atoms with E-state index in [1.807, 2.05) is 0 Å². The maximum atomic E-state index is 4.05. The highest BCUT2D eigenvalue weighted by Gasteiger charge is 2.06. The molecule has 68 valence electrons. The van der Waals surface area contributed by atoms with Crippen LogP contribution in [-0.4, -0.2) is 29.9 Å². The molecule has 0 saturated heterocycles. The third-order valence-corrected chi connectivity index (χ3v) is 1.99. The monoisotopic (exact) mass is 241 g/mol. The quantitative estimate of drug-likeness (QED) is 0.732. The second-order valence-electron chi connectivity index (χ2n) is 2.83. The van der Waals surface area contributed by atoms with E-state index in [0.29, 0.717) is 10.5 Å². The number of tetrazole rings is 1. The molecule has 2 rings (SSSR count). The van der Waals surface area contributed by atoms with Gasteiger partial charge in [-0.15, -0.1) is 5.10 Å². The molecule has 13 heavy (non-hydrogen) atoms. The maximum Gasteiger partial charge on any atom is 0.197 e. The van der Waals surface area contributed by atoms with E-state index in [2.05, 4.69) is 43.4 Å². The van der Waals surface area contributed by atoms with Crippen LogP contribution in [0.15, 0.2) is 12.4 Å². The van der Waals surface area contributed by atoms with E-state index >= 15 is 0 Å². The summed E-state index contributed by atoms with van der Waals surface area (Å²) in [6.45, 7) is 2.07. The summed E-state index contributed by atoms with van der Waals surface area (Å²) in [7, 11) is 0. The fraction of sp³-hybridized carbons (Fsp3) is 0.429. The highest BCUT2D eigenvalue weighted by molar-refractivity contribution is 9.09. The smallest absolute Gasteiger partial charge is 0.197 e. The van der Waals surface area contributed by atoms with E-state index in [-0.39, 0.29) is 0 Å². The van der Waals surface area contributed by atoms with Crippen LogP contribution in [0.5, 0.6) is 0 Å². The second kappa shape index (κ2) is 3.37. The molecule has 0 aliphatic heterocycles. The Balaban J connectivity index is 2.48. The summed E-state index contributed by atoms with van der Waals surface area (Å²) >= 11 is 3.48. The van der Waals surface area contributed by atoms with E-state index in [1.54, 1.807) is 16.9 Å². The van der Waals surface area contributed by atoms with Crippen molar-refractivity contribution in [1.29, 1.82) is 0 Å². The topological polar surface area (TPSA) is 56.0 Å². The molecule has 0 radical (unpaired) electrons. The van der Waals surface area contributed by atoms with Gasteiger partial charge in [-0.2, -0.15) is 4.52 Å². The van der Waals surface area contributed by atoms with Crippen molar-refractivity contribution in [3.63, 3.8) is 0 Å². The van der Waals surface area contributed by atoms with Gasteiger partial charge in [-0.3, -0.25) is 4.98 Å². The van der Waals surface area contributed by atoms with E-state index in [9.17, 15) is 0 Å². The number of rotatable bonds is 2. The first-order valence-corrected chi connectivity index (χ1v) is 4.84. The first kappa shape index (κ1) is 8.55. The minimum atomic E-state index is 0.393. The summed E-state index contributed by atoms with van der Waals surface area (Å²) in [4.78, 5) is 4.45. The molecule has 1 atom stereocenters. The SMILES string of the molecule is CC(Br)Cc1cncc2nnnn12. The Bertz CT molecular complexity index is 410. The third-order valence-electron chi connectivity index (χ3n) is 1.67. The highest BCUT2D eigenvalue weighted by atomic mass is 79.9. The zero-order chi connectivity index (χ0) is 9.26. The fourth-order valence-corrected chi connectivity index (χ4v) is 1.48. The molecule has 0 saturated carbocycles. The van der Waals surface area contributed by atoms with Crippen LogP contribution in [0.2, 0.25) is 0 Å². The lowest BCUT2D eigenvalue weighted by molar-refractivity contribution is 0.759. The zero-order valence-electron chi connectivity index (χ0n) is 7.05. The molecule has 2 aromatic rings. The summed E-state index contributed by atoms with van der Waals surface area (Å²) in [6.07, 6.45) is 4.28. The lowest BCUT2D eigenvalue weighted by Gasteiger charge is -2.03. The molecule has 0 amide bonds. The molecule has 0 N–H and O–H groups in total. The molecule has 2 heterocycles. The van der Waals surface area contributed by atoms with Crippen molar-refractivity contribution >= 4 is 21.6 Å². The maximum absolute atomic E-state index is 4.05. The first-order valence-electron chi connectivity index (χ1n) is 3.92. The lowest BCUT2D eigenvalue weighted by Crippen LogP contribution is -2.05. The fourth-order valence-electron chi connectivity index (χ4n) is 1.15. The number of fused-ring (bicyclic) bond motifs is 1. The summed E-state index contributed by atoms with van der Waals surface area (Å²) in [5.41, 5.74) is 1.69. The van der Waals surface area contributed by atoms with Crippen molar-refractivity contribution < 1.29 is 0 Å². The van der Waals surface area contributed by atoms with Crippen molar-refractivity contribution in [3.8, 4) is 0 Å². The molecule has 0 aliphatic carbocycles. The molecular formula is C7H8BrN5. The normalized spacial score (nSPS) is 13.4. The molecule has 6 heteroatoms. The van der Waals surface area contributed by atoms with Gasteiger partial charge < -0.3 is 0 Å². The Morgan fingerprint density at radius 3 is 3.15 bits per heavy atom. The zero-order valence-corrected chi connectivity index (χ0v) is 8.64. The van der Waals surface area contributed by atoms with Crippen LogP contribution in [0.25, 0.3) is 5.65 Å². The molecule has 0 spiro atoms. The van der Waals surface area contributed by atoms with Gasteiger partial charge >= 0.3 is 0 Å². The average molecular weight is 242 g/mol. The Morgan fingerprint density at radius 2 is 2.38 bits per heavy atom. The van der Waals surface area contributed by atoms with Crippen LogP contribution in [0.1, 0.15) is 12.6 Å². The van der Waals surface area contributed by atoms with E-state index in [1.165, 1.54) is 0 Å². The molecular weight excluding hydrogens is 234 g/mol. The molecule has 0 bridgehead atoms. The number of hydrogen-bond donors (Lipinski definition) is 0. The van der Waals surface area contributed by atoms with Crippen LogP contribution in [0.4, 0.5) is 0 Å². The molecule has 5 nitrogen and oxygen atoms in total. The molecule has 1 unspecified atom stereocenters. The van der Waals surface area contributed by atoms with E-state index in [0.717, 1.165) is 12.1 Å². The number of aromatic nitrogens is 5. The van der Waals surface area contributed by atoms with Crippen LogP contribution < -0.4 is 0 Å². The minimum absolute atomic E-state index is 0.393. The van der Waals surface area contributed by atoms with Gasteiger partial charge in [0.1, 0.15) is 0 Å². The van der Waals surface area contributed by atoms with E-state index < -0.39 is 0 Å². The number of nitrogens with zero attached hydrogens (tertiary/aromatic N) is 5. The Morgan fingerprint density at radius 1 is 1.54 bits per heavy atom. The van der Waals surface area contributed by atoms with Crippen molar-refractivity contribution in [2.75, 3.05) is 0 Å².